The summed E-state index contributed by atoms with van der Waals surface area (Å²) in [6.07, 6.45) is 6.87. The Morgan fingerprint density at radius 2 is 1.67 bits per heavy atom. The minimum Gasteiger partial charge on any atom is -0.481 e. The topological polar surface area (TPSA) is 128 Å². The summed E-state index contributed by atoms with van der Waals surface area (Å²) in [5.41, 5.74) is 4.31. The van der Waals surface area contributed by atoms with Crippen LogP contribution < -0.4 is 16.0 Å². The SMILES string of the molecule is CCCCCCCNC(=O)c1ccc(CNc2c(Cl)ccc3c2CCNCC3)cc1F.O=C(O)CCC(=O)O. The molecule has 3 rings (SSSR count). The summed E-state index contributed by atoms with van der Waals surface area (Å²) in [6, 6.07) is 8.80. The van der Waals surface area contributed by atoms with Gasteiger partial charge in [0.25, 0.3) is 5.91 Å². The minimum absolute atomic E-state index is 0.0926. The van der Waals surface area contributed by atoms with E-state index in [2.05, 4.69) is 28.9 Å². The van der Waals surface area contributed by atoms with Crippen molar-refractivity contribution in [2.24, 2.45) is 0 Å². The second-order valence-electron chi connectivity index (χ2n) is 9.44. The summed E-state index contributed by atoms with van der Waals surface area (Å²) < 4.78 is 14.6. The van der Waals surface area contributed by atoms with E-state index in [0.29, 0.717) is 18.1 Å². The molecule has 1 amide bonds. The van der Waals surface area contributed by atoms with E-state index in [9.17, 15) is 18.8 Å². The summed E-state index contributed by atoms with van der Waals surface area (Å²) in [7, 11) is 0. The third-order valence-electron chi connectivity index (χ3n) is 6.35. The van der Waals surface area contributed by atoms with Crippen molar-refractivity contribution in [3.63, 3.8) is 0 Å². The molecular formula is C29H39ClFN3O5. The number of halogens is 2. The van der Waals surface area contributed by atoms with Gasteiger partial charge in [-0.2, -0.15) is 0 Å². The molecule has 1 heterocycles. The maximum Gasteiger partial charge on any atom is 0.303 e. The first-order chi connectivity index (χ1) is 18.7. The van der Waals surface area contributed by atoms with E-state index < -0.39 is 17.8 Å². The van der Waals surface area contributed by atoms with E-state index in [0.717, 1.165) is 50.0 Å². The van der Waals surface area contributed by atoms with Gasteiger partial charge in [-0.25, -0.2) is 4.39 Å². The molecule has 39 heavy (non-hydrogen) atoms. The van der Waals surface area contributed by atoms with Crippen LogP contribution in [0.15, 0.2) is 30.3 Å². The molecule has 0 fully saturated rings. The monoisotopic (exact) mass is 563 g/mol. The highest BCUT2D eigenvalue weighted by Gasteiger charge is 2.16. The molecule has 2 aromatic carbocycles. The van der Waals surface area contributed by atoms with E-state index in [-0.39, 0.29) is 24.3 Å². The van der Waals surface area contributed by atoms with Gasteiger partial charge in [0, 0.05) is 13.1 Å². The highest BCUT2D eigenvalue weighted by atomic mass is 35.5. The summed E-state index contributed by atoms with van der Waals surface area (Å²) in [4.78, 5) is 31.6. The van der Waals surface area contributed by atoms with Gasteiger partial charge in [-0.05, 0) is 67.2 Å². The Morgan fingerprint density at radius 3 is 2.33 bits per heavy atom. The van der Waals surface area contributed by atoms with Crippen molar-refractivity contribution in [3.8, 4) is 0 Å². The lowest BCUT2D eigenvalue weighted by molar-refractivity contribution is -0.143. The maximum atomic E-state index is 14.6. The van der Waals surface area contributed by atoms with E-state index in [1.807, 2.05) is 6.07 Å². The average molecular weight is 564 g/mol. The average Bonchev–Trinajstić information content (AvgIpc) is 3.15. The fourth-order valence-corrected chi connectivity index (χ4v) is 4.46. The van der Waals surface area contributed by atoms with Crippen molar-refractivity contribution >= 4 is 35.1 Å². The molecule has 0 radical (unpaired) electrons. The van der Waals surface area contributed by atoms with E-state index >= 15 is 0 Å². The summed E-state index contributed by atoms with van der Waals surface area (Å²) in [5, 5.41) is 26.1. The molecule has 0 unspecified atom stereocenters. The third-order valence-corrected chi connectivity index (χ3v) is 6.66. The second kappa shape index (κ2) is 17.4. The number of hydrogen-bond donors (Lipinski definition) is 5. The molecule has 2 aromatic rings. The van der Waals surface area contributed by atoms with Crippen LogP contribution >= 0.6 is 11.6 Å². The Bertz CT molecular complexity index is 1100. The largest absolute Gasteiger partial charge is 0.481 e. The van der Waals surface area contributed by atoms with Crippen LogP contribution in [0, 0.1) is 5.82 Å². The van der Waals surface area contributed by atoms with Gasteiger partial charge in [-0.3, -0.25) is 14.4 Å². The quantitative estimate of drug-likeness (QED) is 0.206. The van der Waals surface area contributed by atoms with Crippen molar-refractivity contribution in [3.05, 3.63) is 63.4 Å². The normalized spacial score (nSPS) is 12.4. The number of unbranched alkanes of at least 4 members (excludes halogenated alkanes) is 4. The van der Waals surface area contributed by atoms with E-state index in [4.69, 9.17) is 21.8 Å². The molecule has 0 aromatic heterocycles. The Morgan fingerprint density at radius 1 is 0.974 bits per heavy atom. The Kier molecular flexibility index (Phi) is 14.3. The number of nitrogens with one attached hydrogen (secondary N) is 3. The first-order valence-electron chi connectivity index (χ1n) is 13.5. The fraction of sp³-hybridized carbons (Fsp3) is 0.483. The van der Waals surface area contributed by atoms with Crippen LogP contribution in [0.4, 0.5) is 10.1 Å². The number of hydrogen-bond acceptors (Lipinski definition) is 5. The lowest BCUT2D eigenvalue weighted by atomic mass is 10.0. The van der Waals surface area contributed by atoms with Crippen LogP contribution in [-0.2, 0) is 29.0 Å². The highest BCUT2D eigenvalue weighted by molar-refractivity contribution is 6.33. The van der Waals surface area contributed by atoms with Gasteiger partial charge in [0.2, 0.25) is 0 Å². The zero-order valence-electron chi connectivity index (χ0n) is 22.5. The molecule has 0 saturated carbocycles. The van der Waals surface area contributed by atoms with Crippen molar-refractivity contribution in [2.45, 2.75) is 71.3 Å². The van der Waals surface area contributed by atoms with Gasteiger partial charge in [0.1, 0.15) is 5.82 Å². The minimum atomic E-state index is -1.08. The van der Waals surface area contributed by atoms with Gasteiger partial charge >= 0.3 is 11.9 Å². The van der Waals surface area contributed by atoms with Crippen LogP contribution in [0.1, 0.15) is 78.9 Å². The van der Waals surface area contributed by atoms with E-state index in [1.54, 1.807) is 12.1 Å². The number of carbonyl (C=O) groups is 3. The molecule has 10 heteroatoms. The number of carboxylic acids is 2. The van der Waals surface area contributed by atoms with Crippen LogP contribution in [0.5, 0.6) is 0 Å². The molecule has 0 bridgehead atoms. The van der Waals surface area contributed by atoms with Crippen LogP contribution in [0.2, 0.25) is 5.02 Å². The number of rotatable bonds is 13. The van der Waals surface area contributed by atoms with Gasteiger partial charge in [-0.1, -0.05) is 56.3 Å². The predicted octanol–water partition coefficient (Wildman–Crippen LogP) is 5.42. The van der Waals surface area contributed by atoms with E-state index in [1.165, 1.54) is 36.5 Å². The number of aliphatic carboxylic acids is 2. The summed E-state index contributed by atoms with van der Waals surface area (Å²) >= 11 is 6.46. The van der Waals surface area contributed by atoms with Crippen molar-refractivity contribution in [1.29, 1.82) is 0 Å². The van der Waals surface area contributed by atoms with Gasteiger partial charge in [0.05, 0.1) is 29.1 Å². The maximum absolute atomic E-state index is 14.6. The van der Waals surface area contributed by atoms with Crippen molar-refractivity contribution in [2.75, 3.05) is 25.0 Å². The Balaban J connectivity index is 0.000000580. The van der Waals surface area contributed by atoms with Gasteiger partial charge < -0.3 is 26.2 Å². The number of carbonyl (C=O) groups excluding carboxylic acids is 1. The molecule has 214 valence electrons. The molecule has 5 N–H and O–H groups in total. The fourth-order valence-electron chi connectivity index (χ4n) is 4.22. The number of fused-ring (bicyclic) bond motifs is 1. The van der Waals surface area contributed by atoms with Gasteiger partial charge in [-0.15, -0.1) is 0 Å². The van der Waals surface area contributed by atoms with Crippen LogP contribution in [0.3, 0.4) is 0 Å². The molecule has 0 saturated heterocycles. The molecule has 1 aliphatic rings. The summed E-state index contributed by atoms with van der Waals surface area (Å²) in [5.74, 6) is -3.00. The standard InChI is InChI=1S/C25H33ClFN3O.C4H6O4/c1-2-3-4-5-6-13-29-25(31)21-9-7-18(16-23(21)27)17-30-24-20-12-15-28-14-11-19(20)8-10-22(24)26;5-3(6)1-2-4(7)8/h7-10,16,28,30H,2-6,11-15,17H2,1H3,(H,29,31);1-2H2,(H,5,6)(H,7,8). The van der Waals surface area contributed by atoms with Crippen molar-refractivity contribution in [1.82, 2.24) is 10.6 Å². The van der Waals surface area contributed by atoms with Crippen LogP contribution in [0.25, 0.3) is 0 Å². The summed E-state index contributed by atoms with van der Waals surface area (Å²) in [6.45, 7) is 5.07. The molecule has 1 aliphatic heterocycles. The zero-order chi connectivity index (χ0) is 28.6. The number of anilines is 1. The molecule has 0 aliphatic carbocycles. The van der Waals surface area contributed by atoms with Gasteiger partial charge in [0.15, 0.2) is 0 Å². The molecular weight excluding hydrogens is 525 g/mol. The molecule has 8 nitrogen and oxygen atoms in total. The molecule has 0 atom stereocenters. The second-order valence-corrected chi connectivity index (χ2v) is 9.84. The number of benzene rings is 2. The molecule has 0 spiro atoms. The smallest absolute Gasteiger partial charge is 0.303 e. The third kappa shape index (κ3) is 11.6. The first kappa shape index (κ1) is 32.0. The highest BCUT2D eigenvalue weighted by Crippen LogP contribution is 2.31. The van der Waals surface area contributed by atoms with Crippen LogP contribution in [-0.4, -0.2) is 47.7 Å². The Labute approximate surface area is 234 Å². The lowest BCUT2D eigenvalue weighted by Gasteiger charge is -2.16. The Hall–Kier alpha value is -3.17. The zero-order valence-corrected chi connectivity index (χ0v) is 23.2. The predicted molar refractivity (Wildman–Crippen MR) is 151 cm³/mol. The van der Waals surface area contributed by atoms with Crippen molar-refractivity contribution < 1.29 is 29.0 Å². The first-order valence-corrected chi connectivity index (χ1v) is 13.9. The number of carboxylic acid groups (broad SMARTS) is 2. The lowest BCUT2D eigenvalue weighted by Crippen LogP contribution is -2.25. The number of amides is 1.